The van der Waals surface area contributed by atoms with E-state index < -0.39 is 6.04 Å². The number of halogens is 1. The van der Waals surface area contributed by atoms with Gasteiger partial charge < -0.3 is 19.7 Å². The molecule has 0 radical (unpaired) electrons. The van der Waals surface area contributed by atoms with E-state index in [1.54, 1.807) is 44.4 Å². The van der Waals surface area contributed by atoms with Gasteiger partial charge in [0.1, 0.15) is 17.5 Å². The summed E-state index contributed by atoms with van der Waals surface area (Å²) in [7, 11) is 1.58. The van der Waals surface area contributed by atoms with Crippen LogP contribution >= 0.6 is 11.6 Å². The van der Waals surface area contributed by atoms with E-state index in [0.717, 1.165) is 5.56 Å². The van der Waals surface area contributed by atoms with Crippen molar-refractivity contribution in [3.63, 3.8) is 0 Å². The molecule has 0 aromatic heterocycles. The first-order valence-electron chi connectivity index (χ1n) is 9.42. The lowest BCUT2D eigenvalue weighted by Crippen LogP contribution is -2.50. The van der Waals surface area contributed by atoms with Crippen LogP contribution in [0.5, 0.6) is 11.5 Å². The van der Waals surface area contributed by atoms with E-state index in [1.807, 2.05) is 32.0 Å². The molecular weight excluding hydrogens is 392 g/mol. The quantitative estimate of drug-likeness (QED) is 0.674. The predicted octanol–water partition coefficient (Wildman–Crippen LogP) is 3.67. The van der Waals surface area contributed by atoms with Gasteiger partial charge in [0.25, 0.3) is 5.91 Å². The number of nitrogens with one attached hydrogen (secondary N) is 1. The standard InChI is InChI=1S/C22H27ClN2O4/c1-15(2)24-22(27)16(3)25(13-17-7-5-6-8-20(17)23)21(26)14-29-19-11-9-18(28-4)10-12-19/h5-12,15-16H,13-14H2,1-4H3,(H,24,27)/t16-/m0/s1. The highest BCUT2D eigenvalue weighted by molar-refractivity contribution is 6.31. The third kappa shape index (κ3) is 6.68. The molecule has 0 unspecified atom stereocenters. The fourth-order valence-electron chi connectivity index (χ4n) is 2.70. The highest BCUT2D eigenvalue weighted by Crippen LogP contribution is 2.20. The molecule has 0 fully saturated rings. The van der Waals surface area contributed by atoms with Crippen LogP contribution in [0.2, 0.25) is 5.02 Å². The Morgan fingerprint density at radius 2 is 1.66 bits per heavy atom. The monoisotopic (exact) mass is 418 g/mol. The largest absolute Gasteiger partial charge is 0.497 e. The average Bonchev–Trinajstić information content (AvgIpc) is 2.70. The van der Waals surface area contributed by atoms with Gasteiger partial charge in [0.15, 0.2) is 6.61 Å². The number of amides is 2. The van der Waals surface area contributed by atoms with Gasteiger partial charge in [-0.1, -0.05) is 29.8 Å². The molecule has 0 aliphatic heterocycles. The average molecular weight is 419 g/mol. The van der Waals surface area contributed by atoms with Gasteiger partial charge in [0, 0.05) is 17.6 Å². The van der Waals surface area contributed by atoms with E-state index in [0.29, 0.717) is 16.5 Å². The number of rotatable bonds is 9. The minimum Gasteiger partial charge on any atom is -0.497 e. The van der Waals surface area contributed by atoms with Crippen LogP contribution in [0.15, 0.2) is 48.5 Å². The Morgan fingerprint density at radius 1 is 1.03 bits per heavy atom. The zero-order valence-electron chi connectivity index (χ0n) is 17.1. The first kappa shape index (κ1) is 22.6. The van der Waals surface area contributed by atoms with Crippen molar-refractivity contribution in [2.75, 3.05) is 13.7 Å². The Labute approximate surface area is 176 Å². The predicted molar refractivity (Wildman–Crippen MR) is 113 cm³/mol. The Bertz CT molecular complexity index is 824. The highest BCUT2D eigenvalue weighted by atomic mass is 35.5. The maximum Gasteiger partial charge on any atom is 0.261 e. The van der Waals surface area contributed by atoms with Crippen LogP contribution in [0.25, 0.3) is 0 Å². The van der Waals surface area contributed by atoms with Gasteiger partial charge in [-0.2, -0.15) is 0 Å². The normalized spacial score (nSPS) is 11.7. The van der Waals surface area contributed by atoms with Crippen molar-refractivity contribution in [3.8, 4) is 11.5 Å². The Kier molecular flexibility index (Phi) is 8.34. The molecular formula is C22H27ClN2O4. The van der Waals surface area contributed by atoms with Crippen molar-refractivity contribution in [2.24, 2.45) is 0 Å². The summed E-state index contributed by atoms with van der Waals surface area (Å²) in [5, 5.41) is 3.38. The molecule has 156 valence electrons. The summed E-state index contributed by atoms with van der Waals surface area (Å²) in [5.74, 6) is 0.691. The summed E-state index contributed by atoms with van der Waals surface area (Å²) in [6.07, 6.45) is 0. The first-order valence-corrected chi connectivity index (χ1v) is 9.79. The number of hydrogen-bond donors (Lipinski definition) is 1. The third-order valence-electron chi connectivity index (χ3n) is 4.32. The summed E-state index contributed by atoms with van der Waals surface area (Å²) in [6, 6.07) is 13.5. The molecule has 2 aromatic carbocycles. The SMILES string of the molecule is COc1ccc(OCC(=O)N(Cc2ccccc2Cl)[C@@H](C)C(=O)NC(C)C)cc1. The maximum absolute atomic E-state index is 12.9. The molecule has 6 nitrogen and oxygen atoms in total. The fourth-order valence-corrected chi connectivity index (χ4v) is 2.89. The summed E-state index contributed by atoms with van der Waals surface area (Å²) in [5.41, 5.74) is 0.760. The minimum atomic E-state index is -0.680. The van der Waals surface area contributed by atoms with E-state index in [1.165, 1.54) is 4.90 Å². The van der Waals surface area contributed by atoms with Crippen molar-refractivity contribution < 1.29 is 19.1 Å². The van der Waals surface area contributed by atoms with Crippen LogP contribution in [0, 0.1) is 0 Å². The first-order chi connectivity index (χ1) is 13.8. The van der Waals surface area contributed by atoms with Crippen LogP contribution in [-0.2, 0) is 16.1 Å². The molecule has 0 aliphatic carbocycles. The fraction of sp³-hybridized carbons (Fsp3) is 0.364. The number of carbonyl (C=O) groups is 2. The zero-order valence-corrected chi connectivity index (χ0v) is 17.9. The smallest absolute Gasteiger partial charge is 0.261 e. The second-order valence-electron chi connectivity index (χ2n) is 6.92. The molecule has 0 saturated heterocycles. The molecule has 2 aromatic rings. The van der Waals surface area contributed by atoms with Crippen LogP contribution in [-0.4, -0.2) is 42.5 Å². The summed E-state index contributed by atoms with van der Waals surface area (Å²) in [6.45, 7) is 5.45. The number of hydrogen-bond acceptors (Lipinski definition) is 4. The second kappa shape index (κ2) is 10.7. The summed E-state index contributed by atoms with van der Waals surface area (Å²) in [4.78, 5) is 26.9. The topological polar surface area (TPSA) is 67.9 Å². The van der Waals surface area contributed by atoms with Crippen LogP contribution in [0.3, 0.4) is 0 Å². The molecule has 0 aliphatic rings. The number of nitrogens with zero attached hydrogens (tertiary/aromatic N) is 1. The van der Waals surface area contributed by atoms with Gasteiger partial charge in [-0.05, 0) is 56.7 Å². The second-order valence-corrected chi connectivity index (χ2v) is 7.32. The van der Waals surface area contributed by atoms with E-state index in [9.17, 15) is 9.59 Å². The van der Waals surface area contributed by atoms with E-state index >= 15 is 0 Å². The lowest BCUT2D eigenvalue weighted by molar-refractivity contribution is -0.142. The number of carbonyl (C=O) groups excluding carboxylic acids is 2. The molecule has 2 rings (SSSR count). The summed E-state index contributed by atoms with van der Waals surface area (Å²) >= 11 is 6.26. The Hall–Kier alpha value is -2.73. The molecule has 0 bridgehead atoms. The van der Waals surface area contributed by atoms with Crippen LogP contribution < -0.4 is 14.8 Å². The molecule has 1 N–H and O–H groups in total. The van der Waals surface area contributed by atoms with Crippen molar-refractivity contribution >= 4 is 23.4 Å². The van der Waals surface area contributed by atoms with Gasteiger partial charge in [-0.3, -0.25) is 9.59 Å². The zero-order chi connectivity index (χ0) is 21.4. The van der Waals surface area contributed by atoms with E-state index in [-0.39, 0.29) is 31.0 Å². The van der Waals surface area contributed by atoms with E-state index in [4.69, 9.17) is 21.1 Å². The van der Waals surface area contributed by atoms with Crippen LogP contribution in [0.1, 0.15) is 26.3 Å². The molecule has 1 atom stereocenters. The molecule has 0 heterocycles. The highest BCUT2D eigenvalue weighted by Gasteiger charge is 2.27. The molecule has 2 amide bonds. The maximum atomic E-state index is 12.9. The Morgan fingerprint density at radius 3 is 2.24 bits per heavy atom. The number of methoxy groups -OCH3 is 1. The summed E-state index contributed by atoms with van der Waals surface area (Å²) < 4.78 is 10.7. The number of ether oxygens (including phenoxy) is 2. The molecule has 29 heavy (non-hydrogen) atoms. The molecule has 0 saturated carbocycles. The van der Waals surface area contributed by atoms with Crippen molar-refractivity contribution in [2.45, 2.75) is 39.4 Å². The van der Waals surface area contributed by atoms with Gasteiger partial charge >= 0.3 is 0 Å². The van der Waals surface area contributed by atoms with Gasteiger partial charge in [-0.15, -0.1) is 0 Å². The molecule has 7 heteroatoms. The van der Waals surface area contributed by atoms with Crippen LogP contribution in [0.4, 0.5) is 0 Å². The lowest BCUT2D eigenvalue weighted by atomic mass is 10.1. The van der Waals surface area contributed by atoms with Gasteiger partial charge in [0.05, 0.1) is 7.11 Å². The van der Waals surface area contributed by atoms with Crippen molar-refractivity contribution in [3.05, 3.63) is 59.1 Å². The molecule has 0 spiro atoms. The lowest BCUT2D eigenvalue weighted by Gasteiger charge is -2.29. The van der Waals surface area contributed by atoms with Gasteiger partial charge in [0.2, 0.25) is 5.91 Å². The van der Waals surface area contributed by atoms with Crippen molar-refractivity contribution in [1.29, 1.82) is 0 Å². The van der Waals surface area contributed by atoms with Gasteiger partial charge in [-0.25, -0.2) is 0 Å². The Balaban J connectivity index is 2.14. The number of benzene rings is 2. The van der Waals surface area contributed by atoms with E-state index in [2.05, 4.69) is 5.32 Å². The third-order valence-corrected chi connectivity index (χ3v) is 4.69. The minimum absolute atomic E-state index is 0.0298. The van der Waals surface area contributed by atoms with Crippen molar-refractivity contribution in [1.82, 2.24) is 10.2 Å².